The first-order valence-electron chi connectivity index (χ1n) is 18.9. The maximum atomic E-state index is 14.0. The van der Waals surface area contributed by atoms with Crippen LogP contribution in [0.4, 0.5) is 10.5 Å². The summed E-state index contributed by atoms with van der Waals surface area (Å²) in [5.74, 6) is -0.957. The highest BCUT2D eigenvalue weighted by molar-refractivity contribution is 7.89. The number of nitrogens with one attached hydrogen (secondary N) is 4. The number of fused-ring (bicyclic) bond motifs is 1. The maximum absolute atomic E-state index is 14.0. The zero-order valence-corrected chi connectivity index (χ0v) is 32.7. The van der Waals surface area contributed by atoms with E-state index in [9.17, 15) is 27.6 Å². The summed E-state index contributed by atoms with van der Waals surface area (Å²) in [5, 5.41) is 5.82. The number of sulfonamides is 1. The third kappa shape index (κ3) is 10.3. The lowest BCUT2D eigenvalue weighted by Gasteiger charge is -2.29. The molecule has 294 valence electrons. The number of benzene rings is 3. The Balaban J connectivity index is 1.18. The predicted molar refractivity (Wildman–Crippen MR) is 210 cm³/mol. The molecule has 0 unspecified atom stereocenters. The van der Waals surface area contributed by atoms with Gasteiger partial charge in [-0.05, 0) is 118 Å². The number of amides is 2. The van der Waals surface area contributed by atoms with Crippen LogP contribution in [0, 0.1) is 24.7 Å². The molecule has 0 radical (unpaired) electrons. The summed E-state index contributed by atoms with van der Waals surface area (Å²) in [6.07, 6.45) is 2.75. The van der Waals surface area contributed by atoms with E-state index in [1.165, 1.54) is 4.31 Å². The van der Waals surface area contributed by atoms with Crippen molar-refractivity contribution < 1.29 is 32.3 Å². The van der Waals surface area contributed by atoms with E-state index in [0.29, 0.717) is 62.4 Å². The third-order valence-corrected chi connectivity index (χ3v) is 12.3. The molecule has 2 heterocycles. The molecule has 4 aromatic rings. The van der Waals surface area contributed by atoms with Crippen molar-refractivity contribution in [3.05, 3.63) is 82.3 Å². The normalized spacial score (nSPS) is 18.8. The van der Waals surface area contributed by atoms with Crippen LogP contribution in [0.2, 0.25) is 0 Å². The fourth-order valence-electron chi connectivity index (χ4n) is 7.41. The zero-order valence-electron chi connectivity index (χ0n) is 31.9. The lowest BCUT2D eigenvalue weighted by Crippen LogP contribution is -2.40. The van der Waals surface area contributed by atoms with Crippen molar-refractivity contribution >= 4 is 44.5 Å². The van der Waals surface area contributed by atoms with Crippen LogP contribution in [-0.2, 0) is 35.5 Å². The van der Waals surface area contributed by atoms with Gasteiger partial charge in [-0.25, -0.2) is 18.0 Å². The molecule has 4 N–H and O–H groups in total. The molecule has 13 nitrogen and oxygen atoms in total. The number of ether oxygens (including phenoxy) is 2. The molecule has 55 heavy (non-hydrogen) atoms. The van der Waals surface area contributed by atoms with Crippen molar-refractivity contribution in [1.82, 2.24) is 19.6 Å². The monoisotopic (exact) mass is 773 g/mol. The van der Waals surface area contributed by atoms with Crippen molar-refractivity contribution in [3.63, 3.8) is 0 Å². The van der Waals surface area contributed by atoms with E-state index in [4.69, 9.17) is 9.47 Å². The fourth-order valence-corrected chi connectivity index (χ4v) is 8.85. The van der Waals surface area contributed by atoms with Gasteiger partial charge in [-0.2, -0.15) is 4.31 Å². The minimum Gasteiger partial charge on any atom is -0.444 e. The molecule has 14 heteroatoms. The van der Waals surface area contributed by atoms with Crippen molar-refractivity contribution in [1.29, 1.82) is 0 Å². The van der Waals surface area contributed by atoms with Crippen molar-refractivity contribution in [3.8, 4) is 11.1 Å². The number of hydrogen-bond donors (Lipinski definition) is 4. The topological polar surface area (TPSA) is 180 Å². The quantitative estimate of drug-likeness (QED) is 0.137. The number of nitrogens with zero attached hydrogens (tertiary/aromatic N) is 1. The molecule has 1 saturated heterocycles. The first-order valence-corrected chi connectivity index (χ1v) is 20.4. The molecule has 1 aliphatic carbocycles. The summed E-state index contributed by atoms with van der Waals surface area (Å²) < 4.78 is 39.2. The highest BCUT2D eigenvalue weighted by atomic mass is 32.2. The second-order valence-corrected chi connectivity index (χ2v) is 17.6. The Morgan fingerprint density at radius 1 is 0.945 bits per heavy atom. The lowest BCUT2D eigenvalue weighted by atomic mass is 9.77. The molecule has 2 aliphatic rings. The molecule has 0 spiro atoms. The van der Waals surface area contributed by atoms with E-state index >= 15 is 0 Å². The number of H-pyrrole nitrogens is 2. The van der Waals surface area contributed by atoms with E-state index in [0.717, 1.165) is 35.1 Å². The Morgan fingerprint density at radius 3 is 2.40 bits per heavy atom. The van der Waals surface area contributed by atoms with E-state index in [2.05, 4.69) is 20.6 Å². The summed E-state index contributed by atoms with van der Waals surface area (Å²) in [6.45, 7) is 9.17. The highest BCUT2D eigenvalue weighted by Gasteiger charge is 2.31. The largest absolute Gasteiger partial charge is 0.444 e. The number of aromatic amines is 2. The number of morpholine rings is 1. The van der Waals surface area contributed by atoms with Gasteiger partial charge in [0.05, 0.1) is 29.1 Å². The SMILES string of the molecule is Cc1ccc(S(=O)(=O)N2CCOCC2)cc1-c1cccc(C[C@H](CC(=O)C2CCC(CNC(=O)OC(C)(C)C)CC2)C(=O)Nc2ccc3[nH]c(=O)[nH]c3c2)c1. The van der Waals surface area contributed by atoms with Gasteiger partial charge < -0.3 is 30.1 Å². The molecule has 2 fully saturated rings. The molecular weight excluding hydrogens is 723 g/mol. The maximum Gasteiger partial charge on any atom is 0.407 e. The van der Waals surface area contributed by atoms with Gasteiger partial charge in [-0.3, -0.25) is 9.59 Å². The van der Waals surface area contributed by atoms with Crippen molar-refractivity contribution in [2.75, 3.05) is 38.2 Å². The van der Waals surface area contributed by atoms with Gasteiger partial charge in [0.15, 0.2) is 0 Å². The van der Waals surface area contributed by atoms with Gasteiger partial charge in [-0.15, -0.1) is 0 Å². The smallest absolute Gasteiger partial charge is 0.407 e. The van der Waals surface area contributed by atoms with Gasteiger partial charge in [0, 0.05) is 43.6 Å². The van der Waals surface area contributed by atoms with Crippen molar-refractivity contribution in [2.45, 2.75) is 76.7 Å². The van der Waals surface area contributed by atoms with Crippen LogP contribution in [0.25, 0.3) is 22.2 Å². The minimum atomic E-state index is -3.72. The van der Waals surface area contributed by atoms with Crippen LogP contribution in [0.5, 0.6) is 0 Å². The third-order valence-electron chi connectivity index (χ3n) is 10.4. The number of anilines is 1. The number of imidazole rings is 1. The number of ketones is 1. The standard InChI is InChI=1S/C41H51N5O8S/c1-26-8-14-33(55(51,52)46-16-18-53-19-17-46)24-34(26)30-7-5-6-28(20-30)21-31(38(48)43-32-13-15-35-36(23-32)45-39(49)44-35)22-37(47)29-11-9-27(10-12-29)25-42-40(50)54-41(2,3)4/h5-8,13-15,20,23-24,27,29,31H,9-12,16-19,21-22,25H2,1-4H3,(H,42,50)(H,43,48)(H2,44,45,49)/t27?,29?,31-/m1/s1. The van der Waals surface area contributed by atoms with E-state index in [-0.39, 0.29) is 47.0 Å². The Hall–Kier alpha value is -4.79. The number of alkyl carbamates (subject to hydrolysis) is 1. The first-order chi connectivity index (χ1) is 26.1. The van der Waals surface area contributed by atoms with Gasteiger partial charge in [-0.1, -0.05) is 30.3 Å². The van der Waals surface area contributed by atoms with E-state index in [1.807, 2.05) is 52.0 Å². The molecule has 3 aromatic carbocycles. The summed E-state index contributed by atoms with van der Waals surface area (Å²) in [5.41, 5.74) is 4.02. The average Bonchev–Trinajstić information content (AvgIpc) is 3.53. The molecule has 0 bridgehead atoms. The second kappa shape index (κ2) is 16.9. The molecule has 2 amide bonds. The predicted octanol–water partition coefficient (Wildman–Crippen LogP) is 5.94. The van der Waals surface area contributed by atoms with Gasteiger partial charge in [0.1, 0.15) is 11.4 Å². The Labute approximate surface area is 321 Å². The van der Waals surface area contributed by atoms with E-state index < -0.39 is 27.6 Å². The average molecular weight is 774 g/mol. The van der Waals surface area contributed by atoms with Crippen LogP contribution in [0.15, 0.2) is 70.4 Å². The van der Waals surface area contributed by atoms with Gasteiger partial charge in [0.25, 0.3) is 0 Å². The van der Waals surface area contributed by atoms with Crippen LogP contribution in [-0.4, -0.2) is 78.9 Å². The lowest BCUT2D eigenvalue weighted by molar-refractivity contribution is -0.129. The van der Waals surface area contributed by atoms with Crippen LogP contribution in [0.3, 0.4) is 0 Å². The number of Topliss-reactive ketones (excluding diaryl/α,β-unsaturated/α-hetero) is 1. The minimum absolute atomic E-state index is 0.0251. The number of hydrogen-bond acceptors (Lipinski definition) is 8. The Morgan fingerprint density at radius 2 is 1.67 bits per heavy atom. The summed E-state index contributed by atoms with van der Waals surface area (Å²) in [4.78, 5) is 57.5. The van der Waals surface area contributed by atoms with Crippen molar-refractivity contribution in [2.24, 2.45) is 17.8 Å². The highest BCUT2D eigenvalue weighted by Crippen LogP contribution is 2.33. The second-order valence-electron chi connectivity index (χ2n) is 15.7. The number of carbonyl (C=O) groups excluding carboxylic acids is 3. The Kier molecular flexibility index (Phi) is 12.3. The molecule has 1 aromatic heterocycles. The number of aryl methyl sites for hydroxylation is 1. The number of rotatable bonds is 12. The number of aromatic nitrogens is 2. The first kappa shape index (κ1) is 39.9. The molecule has 1 saturated carbocycles. The summed E-state index contributed by atoms with van der Waals surface area (Å²) in [6, 6.07) is 17.9. The molecule has 1 aliphatic heterocycles. The van der Waals surface area contributed by atoms with E-state index in [1.54, 1.807) is 36.4 Å². The summed E-state index contributed by atoms with van der Waals surface area (Å²) in [7, 11) is -3.72. The van der Waals surface area contributed by atoms with Crippen LogP contribution < -0.4 is 16.3 Å². The number of carbonyl (C=O) groups is 3. The van der Waals surface area contributed by atoms with Crippen LogP contribution >= 0.6 is 0 Å². The fraction of sp³-hybridized carbons (Fsp3) is 0.463. The Bertz CT molecular complexity index is 2190. The molecule has 6 rings (SSSR count). The molecule has 1 atom stereocenters. The van der Waals surface area contributed by atoms with Gasteiger partial charge in [0.2, 0.25) is 15.9 Å². The zero-order chi connectivity index (χ0) is 39.3. The van der Waals surface area contributed by atoms with Gasteiger partial charge >= 0.3 is 11.8 Å². The summed E-state index contributed by atoms with van der Waals surface area (Å²) >= 11 is 0. The van der Waals surface area contributed by atoms with Crippen LogP contribution in [0.1, 0.15) is 64.0 Å². The molecular formula is C41H51N5O8S.